The van der Waals surface area contributed by atoms with Crippen LogP contribution in [0.5, 0.6) is 0 Å². The van der Waals surface area contributed by atoms with E-state index in [-0.39, 0.29) is 11.9 Å². The number of nitrogens with one attached hydrogen (secondary N) is 2. The van der Waals surface area contributed by atoms with Crippen molar-refractivity contribution in [1.82, 2.24) is 15.5 Å². The Morgan fingerprint density at radius 1 is 1.42 bits per heavy atom. The van der Waals surface area contributed by atoms with Gasteiger partial charge in [-0.2, -0.15) is 0 Å². The van der Waals surface area contributed by atoms with Crippen molar-refractivity contribution in [3.63, 3.8) is 0 Å². The number of anilines is 1. The highest BCUT2D eigenvalue weighted by Crippen LogP contribution is 2.35. The Morgan fingerprint density at radius 3 is 2.95 bits per heavy atom. The number of fused-ring (bicyclic) bond motifs is 1. The van der Waals surface area contributed by atoms with Crippen LogP contribution in [0, 0.1) is 6.92 Å². The van der Waals surface area contributed by atoms with Crippen LogP contribution in [-0.2, 0) is 4.79 Å². The van der Waals surface area contributed by atoms with E-state index in [0.29, 0.717) is 11.1 Å². The lowest BCUT2D eigenvalue weighted by atomic mass is 10.1. The number of carbonyl (C=O) groups excluding carboxylic acids is 1. The maximum Gasteiger partial charge on any atom is 0.281 e. The van der Waals surface area contributed by atoms with Crippen molar-refractivity contribution >= 4 is 23.4 Å². The Kier molecular flexibility index (Phi) is 3.00. The van der Waals surface area contributed by atoms with Gasteiger partial charge in [0, 0.05) is 23.1 Å². The Morgan fingerprint density at radius 2 is 2.26 bits per heavy atom. The van der Waals surface area contributed by atoms with E-state index in [2.05, 4.69) is 20.8 Å². The number of hydrogen-bond acceptors (Lipinski definition) is 6. The van der Waals surface area contributed by atoms with Gasteiger partial charge in [0.15, 0.2) is 0 Å². The summed E-state index contributed by atoms with van der Waals surface area (Å²) in [4.78, 5) is 12.7. The van der Waals surface area contributed by atoms with E-state index < -0.39 is 0 Å². The van der Waals surface area contributed by atoms with Gasteiger partial charge in [0.2, 0.25) is 11.8 Å². The van der Waals surface area contributed by atoms with Gasteiger partial charge in [0.05, 0.1) is 0 Å². The lowest BCUT2D eigenvalue weighted by molar-refractivity contribution is -0.117. The Hall–Kier alpha value is -1.86. The maximum absolute atomic E-state index is 11.7. The molecule has 0 fully saturated rings. The topological polar surface area (TPSA) is 80.0 Å². The van der Waals surface area contributed by atoms with Gasteiger partial charge in [-0.3, -0.25) is 4.79 Å². The lowest BCUT2D eigenvalue weighted by Gasteiger charge is -2.06. The first-order valence-electron chi connectivity index (χ1n) is 5.77. The molecule has 1 unspecified atom stereocenters. The van der Waals surface area contributed by atoms with Crippen LogP contribution in [0.15, 0.2) is 32.7 Å². The number of likely N-dealkylation sites (N-methyl/N-ethyl adjacent to an activating group) is 1. The van der Waals surface area contributed by atoms with Gasteiger partial charge in [-0.25, -0.2) is 0 Å². The van der Waals surface area contributed by atoms with Gasteiger partial charge in [-0.1, -0.05) is 6.07 Å². The highest BCUT2D eigenvalue weighted by molar-refractivity contribution is 7.99. The summed E-state index contributed by atoms with van der Waals surface area (Å²) in [5.74, 6) is 0.500. The van der Waals surface area contributed by atoms with Crippen molar-refractivity contribution in [3.05, 3.63) is 29.7 Å². The minimum absolute atomic E-state index is 0.0340. The van der Waals surface area contributed by atoms with Crippen LogP contribution in [0.1, 0.15) is 17.5 Å². The Labute approximate surface area is 114 Å². The fraction of sp³-hybridized carbons (Fsp3) is 0.250. The fourth-order valence-electron chi connectivity index (χ4n) is 2.01. The van der Waals surface area contributed by atoms with Crippen LogP contribution in [0.3, 0.4) is 0 Å². The largest absolute Gasteiger partial charge is 0.416 e. The smallest absolute Gasteiger partial charge is 0.281 e. The van der Waals surface area contributed by atoms with Crippen molar-refractivity contribution < 1.29 is 9.21 Å². The van der Waals surface area contributed by atoms with E-state index in [9.17, 15) is 4.79 Å². The number of rotatable bonds is 3. The predicted octanol–water partition coefficient (Wildman–Crippen LogP) is 1.74. The highest BCUT2D eigenvalue weighted by atomic mass is 32.2. The average molecular weight is 276 g/mol. The number of aryl methyl sites for hydroxylation is 1. The van der Waals surface area contributed by atoms with Crippen LogP contribution in [0.2, 0.25) is 0 Å². The first-order valence-corrected chi connectivity index (χ1v) is 6.59. The fourth-order valence-corrected chi connectivity index (χ4v) is 2.77. The van der Waals surface area contributed by atoms with Crippen LogP contribution >= 0.6 is 11.8 Å². The maximum atomic E-state index is 11.7. The Bertz CT molecular complexity index is 640. The SMILES string of the molecule is CNC1C(=O)Nc2cc(Sc3nnc(C)o3)ccc21. The molecule has 0 saturated heterocycles. The monoisotopic (exact) mass is 276 g/mol. The van der Waals surface area contributed by atoms with Gasteiger partial charge < -0.3 is 15.1 Å². The summed E-state index contributed by atoms with van der Waals surface area (Å²) in [7, 11) is 1.77. The molecule has 98 valence electrons. The summed E-state index contributed by atoms with van der Waals surface area (Å²) in [5, 5.41) is 14.0. The van der Waals surface area contributed by atoms with Crippen LogP contribution < -0.4 is 10.6 Å². The summed E-state index contributed by atoms with van der Waals surface area (Å²) in [6.07, 6.45) is 0. The quantitative estimate of drug-likeness (QED) is 0.889. The normalized spacial score (nSPS) is 17.4. The molecule has 0 spiro atoms. The molecule has 0 radical (unpaired) electrons. The molecule has 0 saturated carbocycles. The third kappa shape index (κ3) is 2.22. The van der Waals surface area contributed by atoms with E-state index in [1.165, 1.54) is 11.8 Å². The first kappa shape index (κ1) is 12.2. The van der Waals surface area contributed by atoms with E-state index in [1.54, 1.807) is 14.0 Å². The molecule has 1 atom stereocenters. The molecular weight excluding hydrogens is 264 g/mol. The third-order valence-corrected chi connectivity index (χ3v) is 3.69. The standard InChI is InChI=1S/C12H12N4O2S/c1-6-15-16-12(18-6)19-7-3-4-8-9(5-7)14-11(17)10(8)13-2/h3-5,10,13H,1-2H3,(H,14,17). The summed E-state index contributed by atoms with van der Waals surface area (Å²) in [6.45, 7) is 1.75. The van der Waals surface area contributed by atoms with E-state index in [0.717, 1.165) is 16.1 Å². The number of benzene rings is 1. The molecule has 2 aromatic rings. The minimum atomic E-state index is -0.278. The summed E-state index contributed by atoms with van der Waals surface area (Å²) in [5.41, 5.74) is 1.78. The average Bonchev–Trinajstić information content (AvgIpc) is 2.91. The van der Waals surface area contributed by atoms with Crippen molar-refractivity contribution in [2.24, 2.45) is 0 Å². The Balaban J connectivity index is 1.87. The van der Waals surface area contributed by atoms with Crippen LogP contribution in [0.25, 0.3) is 0 Å². The third-order valence-electron chi connectivity index (χ3n) is 2.86. The number of carbonyl (C=O) groups is 1. The zero-order valence-corrected chi connectivity index (χ0v) is 11.2. The molecular formula is C12H12N4O2S. The number of hydrogen-bond donors (Lipinski definition) is 2. The predicted molar refractivity (Wildman–Crippen MR) is 70.0 cm³/mol. The van der Waals surface area contributed by atoms with Crippen molar-refractivity contribution in [2.75, 3.05) is 12.4 Å². The first-order chi connectivity index (χ1) is 9.17. The number of amides is 1. The molecule has 0 aliphatic carbocycles. The van der Waals surface area contributed by atoms with Gasteiger partial charge in [0.25, 0.3) is 5.22 Å². The molecule has 2 heterocycles. The zero-order valence-electron chi connectivity index (χ0n) is 10.4. The molecule has 2 N–H and O–H groups in total. The molecule has 1 aliphatic rings. The van der Waals surface area contributed by atoms with Gasteiger partial charge in [0.1, 0.15) is 6.04 Å². The van der Waals surface area contributed by atoms with Gasteiger partial charge in [-0.15, -0.1) is 10.2 Å². The number of nitrogens with zero attached hydrogens (tertiary/aromatic N) is 2. The molecule has 1 aromatic carbocycles. The van der Waals surface area contributed by atoms with Crippen LogP contribution in [-0.4, -0.2) is 23.2 Å². The molecule has 19 heavy (non-hydrogen) atoms. The second kappa shape index (κ2) is 4.67. The van der Waals surface area contributed by atoms with Gasteiger partial charge in [-0.05, 0) is 30.9 Å². The molecule has 6 nitrogen and oxygen atoms in total. The van der Waals surface area contributed by atoms with E-state index >= 15 is 0 Å². The second-order valence-corrected chi connectivity index (χ2v) is 5.17. The minimum Gasteiger partial charge on any atom is -0.416 e. The summed E-state index contributed by atoms with van der Waals surface area (Å²) >= 11 is 1.37. The van der Waals surface area contributed by atoms with Crippen molar-refractivity contribution in [2.45, 2.75) is 23.1 Å². The number of aromatic nitrogens is 2. The molecule has 3 rings (SSSR count). The highest BCUT2D eigenvalue weighted by Gasteiger charge is 2.29. The zero-order chi connectivity index (χ0) is 13.4. The molecule has 7 heteroatoms. The summed E-state index contributed by atoms with van der Waals surface area (Å²) in [6, 6.07) is 5.50. The molecule has 1 aliphatic heterocycles. The molecule has 1 aromatic heterocycles. The van der Waals surface area contributed by atoms with E-state index in [1.807, 2.05) is 18.2 Å². The summed E-state index contributed by atoms with van der Waals surface area (Å²) < 4.78 is 5.31. The lowest BCUT2D eigenvalue weighted by Crippen LogP contribution is -2.23. The molecule has 0 bridgehead atoms. The van der Waals surface area contributed by atoms with E-state index in [4.69, 9.17) is 4.42 Å². The van der Waals surface area contributed by atoms with Crippen molar-refractivity contribution in [1.29, 1.82) is 0 Å². The molecule has 1 amide bonds. The van der Waals surface area contributed by atoms with Gasteiger partial charge >= 0.3 is 0 Å². The van der Waals surface area contributed by atoms with Crippen molar-refractivity contribution in [3.8, 4) is 0 Å². The second-order valence-electron chi connectivity index (χ2n) is 4.15. The van der Waals surface area contributed by atoms with Crippen LogP contribution in [0.4, 0.5) is 5.69 Å².